The minimum Gasteiger partial charge on any atom is -0.352 e. The van der Waals surface area contributed by atoms with Crippen LogP contribution in [0.15, 0.2) is 0 Å². The summed E-state index contributed by atoms with van der Waals surface area (Å²) in [4.78, 5) is 26.6. The van der Waals surface area contributed by atoms with Crippen molar-refractivity contribution in [1.29, 1.82) is 0 Å². The fourth-order valence-corrected chi connectivity index (χ4v) is 3.66. The van der Waals surface area contributed by atoms with Gasteiger partial charge in [-0.2, -0.15) is 0 Å². The number of rotatable bonds is 4. The minimum atomic E-state index is -0.0811. The van der Waals surface area contributed by atoms with Crippen molar-refractivity contribution in [3.8, 4) is 0 Å². The van der Waals surface area contributed by atoms with Gasteiger partial charge in [0.1, 0.15) is 12.4 Å². The third-order valence-electron chi connectivity index (χ3n) is 5.13. The molecule has 1 aliphatic carbocycles. The molecule has 8 heteroatoms. The Kier molecular flexibility index (Phi) is 5.42. The number of carbonyl (C=O) groups is 2. The van der Waals surface area contributed by atoms with Gasteiger partial charge in [-0.1, -0.05) is 19.3 Å². The molecule has 0 radical (unpaired) electrons. The second kappa shape index (κ2) is 7.72. The summed E-state index contributed by atoms with van der Waals surface area (Å²) >= 11 is 0. The number of piperidine rings is 1. The first kappa shape index (κ1) is 16.9. The summed E-state index contributed by atoms with van der Waals surface area (Å²) in [6, 6.07) is 0.129. The Morgan fingerprint density at radius 2 is 1.83 bits per heavy atom. The minimum absolute atomic E-state index is 0.0811. The molecule has 2 amide bonds. The van der Waals surface area contributed by atoms with E-state index in [1.807, 2.05) is 4.90 Å². The van der Waals surface area contributed by atoms with Gasteiger partial charge in [-0.25, -0.2) is 4.68 Å². The van der Waals surface area contributed by atoms with E-state index in [2.05, 4.69) is 20.8 Å². The highest BCUT2D eigenvalue weighted by Crippen LogP contribution is 2.26. The van der Waals surface area contributed by atoms with Gasteiger partial charge in [0.05, 0.1) is 0 Å². The zero-order valence-electron chi connectivity index (χ0n) is 14.3. The van der Waals surface area contributed by atoms with Crippen LogP contribution in [0.2, 0.25) is 0 Å². The standard InChI is InChI=1S/C16H26N6O2/c1-12-18-19-20-22(12)11-15(23)17-14-7-9-21(10-8-14)16(24)13-5-3-2-4-6-13/h13-14H,2-11H2,1H3,(H,17,23). The van der Waals surface area contributed by atoms with E-state index in [0.29, 0.717) is 11.7 Å². The monoisotopic (exact) mass is 334 g/mol. The highest BCUT2D eigenvalue weighted by atomic mass is 16.2. The third-order valence-corrected chi connectivity index (χ3v) is 5.13. The molecule has 0 atom stereocenters. The van der Waals surface area contributed by atoms with Crippen molar-refractivity contribution in [1.82, 2.24) is 30.4 Å². The second-order valence-electron chi connectivity index (χ2n) is 6.89. The molecule has 2 aliphatic rings. The Hall–Kier alpha value is -1.99. The maximum atomic E-state index is 12.5. The molecule has 1 N–H and O–H groups in total. The van der Waals surface area contributed by atoms with Gasteiger partial charge in [0.15, 0.2) is 0 Å². The van der Waals surface area contributed by atoms with E-state index in [1.54, 1.807) is 6.92 Å². The number of nitrogens with one attached hydrogen (secondary N) is 1. The summed E-state index contributed by atoms with van der Waals surface area (Å²) in [6.07, 6.45) is 7.34. The maximum absolute atomic E-state index is 12.5. The molecule has 1 saturated carbocycles. The lowest BCUT2D eigenvalue weighted by atomic mass is 9.87. The average Bonchev–Trinajstić information content (AvgIpc) is 3.00. The van der Waals surface area contributed by atoms with Crippen LogP contribution in [-0.2, 0) is 16.1 Å². The Balaban J connectivity index is 1.42. The third kappa shape index (κ3) is 4.10. The van der Waals surface area contributed by atoms with Crippen LogP contribution in [0.5, 0.6) is 0 Å². The lowest BCUT2D eigenvalue weighted by Crippen LogP contribution is -2.48. The van der Waals surface area contributed by atoms with Crippen LogP contribution in [0.1, 0.15) is 50.8 Å². The van der Waals surface area contributed by atoms with Crippen molar-refractivity contribution >= 4 is 11.8 Å². The number of likely N-dealkylation sites (tertiary alicyclic amines) is 1. The molecule has 0 bridgehead atoms. The van der Waals surface area contributed by atoms with E-state index >= 15 is 0 Å². The zero-order valence-corrected chi connectivity index (χ0v) is 14.3. The van der Waals surface area contributed by atoms with E-state index in [1.165, 1.54) is 23.9 Å². The predicted octanol–water partition coefficient (Wildman–Crippen LogP) is 0.669. The Bertz CT molecular complexity index is 573. The summed E-state index contributed by atoms with van der Waals surface area (Å²) in [6.45, 7) is 3.39. The number of hydrogen-bond donors (Lipinski definition) is 1. The Morgan fingerprint density at radius 1 is 1.12 bits per heavy atom. The predicted molar refractivity (Wildman–Crippen MR) is 86.9 cm³/mol. The van der Waals surface area contributed by atoms with Gasteiger partial charge >= 0.3 is 0 Å². The summed E-state index contributed by atoms with van der Waals surface area (Å²) in [5.41, 5.74) is 0. The van der Waals surface area contributed by atoms with Crippen molar-refractivity contribution in [2.24, 2.45) is 5.92 Å². The fraction of sp³-hybridized carbons (Fsp3) is 0.812. The Morgan fingerprint density at radius 3 is 2.46 bits per heavy atom. The molecule has 2 fully saturated rings. The molecule has 8 nitrogen and oxygen atoms in total. The molecule has 1 aliphatic heterocycles. The molecule has 0 aromatic carbocycles. The van der Waals surface area contributed by atoms with E-state index in [-0.39, 0.29) is 24.4 Å². The van der Waals surface area contributed by atoms with Crippen LogP contribution < -0.4 is 5.32 Å². The number of tetrazole rings is 1. The van der Waals surface area contributed by atoms with Crippen LogP contribution in [0, 0.1) is 12.8 Å². The molecule has 1 aromatic rings. The van der Waals surface area contributed by atoms with Crippen LogP contribution in [0.3, 0.4) is 0 Å². The van der Waals surface area contributed by atoms with Crippen molar-refractivity contribution < 1.29 is 9.59 Å². The zero-order chi connectivity index (χ0) is 16.9. The lowest BCUT2D eigenvalue weighted by Gasteiger charge is -2.35. The van der Waals surface area contributed by atoms with Crippen LogP contribution in [0.4, 0.5) is 0 Å². The van der Waals surface area contributed by atoms with Crippen molar-refractivity contribution in [2.75, 3.05) is 13.1 Å². The van der Waals surface area contributed by atoms with Gasteiger partial charge in [0.2, 0.25) is 11.8 Å². The topological polar surface area (TPSA) is 93.0 Å². The first-order chi connectivity index (χ1) is 11.6. The summed E-state index contributed by atoms with van der Waals surface area (Å²) in [7, 11) is 0. The second-order valence-corrected chi connectivity index (χ2v) is 6.89. The molecule has 1 saturated heterocycles. The summed E-state index contributed by atoms with van der Waals surface area (Å²) in [5, 5.41) is 14.1. The van der Waals surface area contributed by atoms with Crippen LogP contribution >= 0.6 is 0 Å². The number of nitrogens with zero attached hydrogens (tertiary/aromatic N) is 5. The van der Waals surface area contributed by atoms with Crippen molar-refractivity contribution in [3.63, 3.8) is 0 Å². The maximum Gasteiger partial charge on any atom is 0.242 e. The molecule has 24 heavy (non-hydrogen) atoms. The molecule has 3 rings (SSSR count). The molecule has 2 heterocycles. The highest BCUT2D eigenvalue weighted by Gasteiger charge is 2.29. The van der Waals surface area contributed by atoms with E-state index in [4.69, 9.17) is 0 Å². The van der Waals surface area contributed by atoms with E-state index < -0.39 is 0 Å². The number of amides is 2. The Labute approximate surface area is 142 Å². The number of aromatic nitrogens is 4. The van der Waals surface area contributed by atoms with Crippen molar-refractivity contribution in [3.05, 3.63) is 5.82 Å². The van der Waals surface area contributed by atoms with Gasteiger partial charge in [-0.3, -0.25) is 9.59 Å². The van der Waals surface area contributed by atoms with E-state index in [9.17, 15) is 9.59 Å². The van der Waals surface area contributed by atoms with Gasteiger partial charge in [0.25, 0.3) is 0 Å². The average molecular weight is 334 g/mol. The van der Waals surface area contributed by atoms with Crippen molar-refractivity contribution in [2.45, 2.75) is 64.5 Å². The van der Waals surface area contributed by atoms with Gasteiger partial charge in [0, 0.05) is 25.0 Å². The quantitative estimate of drug-likeness (QED) is 0.873. The van der Waals surface area contributed by atoms with Gasteiger partial charge < -0.3 is 10.2 Å². The molecular formula is C16H26N6O2. The molecule has 0 spiro atoms. The molecule has 1 aromatic heterocycles. The van der Waals surface area contributed by atoms with Crippen LogP contribution in [0.25, 0.3) is 0 Å². The molecule has 132 valence electrons. The van der Waals surface area contributed by atoms with Crippen LogP contribution in [-0.4, -0.2) is 56.1 Å². The van der Waals surface area contributed by atoms with E-state index in [0.717, 1.165) is 38.8 Å². The first-order valence-corrected chi connectivity index (χ1v) is 8.94. The van der Waals surface area contributed by atoms with Gasteiger partial charge in [-0.05, 0) is 43.0 Å². The number of carbonyl (C=O) groups excluding carboxylic acids is 2. The fourth-order valence-electron chi connectivity index (χ4n) is 3.66. The normalized spacial score (nSPS) is 20.1. The summed E-state index contributed by atoms with van der Waals surface area (Å²) < 4.78 is 1.48. The lowest BCUT2D eigenvalue weighted by molar-refractivity contribution is -0.137. The summed E-state index contributed by atoms with van der Waals surface area (Å²) in [5.74, 6) is 1.09. The number of hydrogen-bond acceptors (Lipinski definition) is 5. The molecular weight excluding hydrogens is 308 g/mol. The highest BCUT2D eigenvalue weighted by molar-refractivity contribution is 5.79. The molecule has 0 unspecified atom stereocenters. The first-order valence-electron chi connectivity index (χ1n) is 8.94. The largest absolute Gasteiger partial charge is 0.352 e. The number of aryl methyl sites for hydroxylation is 1. The van der Waals surface area contributed by atoms with Gasteiger partial charge in [-0.15, -0.1) is 5.10 Å². The SMILES string of the molecule is Cc1nnnn1CC(=O)NC1CCN(C(=O)C2CCCCC2)CC1. The smallest absolute Gasteiger partial charge is 0.242 e.